The standard InChI is InChI=1S/C24H29NO6/c1-16-20(27-2)21(28-3)22(29-4)23(30-16)31-24(26)25-19-14-12-18(13-15-19)11-10-17-8-6-5-7-9-17/h5-16,20-23H,1-4H3,(H,25,26)/b11-10+/t16-,20-,21+,22+,23?/m0/s1. The molecule has 0 aromatic heterocycles. The van der Waals surface area contributed by atoms with Crippen molar-refractivity contribution in [3.8, 4) is 0 Å². The fraction of sp³-hybridized carbons (Fsp3) is 0.375. The molecule has 1 aliphatic rings. The number of rotatable bonds is 7. The highest BCUT2D eigenvalue weighted by Crippen LogP contribution is 2.28. The van der Waals surface area contributed by atoms with E-state index in [0.29, 0.717) is 5.69 Å². The molecule has 0 bridgehead atoms. The van der Waals surface area contributed by atoms with E-state index in [1.807, 2.05) is 73.7 Å². The minimum absolute atomic E-state index is 0.338. The van der Waals surface area contributed by atoms with Crippen molar-refractivity contribution < 1.29 is 28.5 Å². The number of carbonyl (C=O) groups is 1. The minimum Gasteiger partial charge on any atom is -0.416 e. The average molecular weight is 427 g/mol. The Morgan fingerprint density at radius 1 is 0.839 bits per heavy atom. The number of carbonyl (C=O) groups excluding carboxylic acids is 1. The van der Waals surface area contributed by atoms with Gasteiger partial charge in [0.25, 0.3) is 0 Å². The fourth-order valence-electron chi connectivity index (χ4n) is 3.60. The summed E-state index contributed by atoms with van der Waals surface area (Å²) in [5, 5.41) is 2.71. The van der Waals surface area contributed by atoms with Gasteiger partial charge in [0.05, 0.1) is 6.10 Å². The molecular formula is C24H29NO6. The van der Waals surface area contributed by atoms with Gasteiger partial charge in [-0.2, -0.15) is 0 Å². The number of anilines is 1. The number of hydrogen-bond acceptors (Lipinski definition) is 6. The second-order valence-corrected chi connectivity index (χ2v) is 7.21. The lowest BCUT2D eigenvalue weighted by molar-refractivity contribution is -0.288. The van der Waals surface area contributed by atoms with E-state index in [9.17, 15) is 4.79 Å². The molecule has 1 saturated heterocycles. The van der Waals surface area contributed by atoms with E-state index < -0.39 is 24.6 Å². The fourth-order valence-corrected chi connectivity index (χ4v) is 3.60. The van der Waals surface area contributed by atoms with Crippen LogP contribution in [0.4, 0.5) is 10.5 Å². The van der Waals surface area contributed by atoms with E-state index in [-0.39, 0.29) is 12.2 Å². The van der Waals surface area contributed by atoms with Gasteiger partial charge in [0.1, 0.15) is 18.3 Å². The maximum atomic E-state index is 12.4. The molecule has 3 rings (SSSR count). The number of nitrogens with one attached hydrogen (secondary N) is 1. The Kier molecular flexibility index (Phi) is 8.20. The molecule has 31 heavy (non-hydrogen) atoms. The Morgan fingerprint density at radius 3 is 2.00 bits per heavy atom. The van der Waals surface area contributed by atoms with Gasteiger partial charge in [-0.3, -0.25) is 5.32 Å². The van der Waals surface area contributed by atoms with Gasteiger partial charge >= 0.3 is 6.09 Å². The zero-order valence-electron chi connectivity index (χ0n) is 18.2. The van der Waals surface area contributed by atoms with Crippen LogP contribution in [0.1, 0.15) is 18.1 Å². The predicted octanol–water partition coefficient (Wildman–Crippen LogP) is 4.20. The molecule has 1 unspecified atom stereocenters. The van der Waals surface area contributed by atoms with Crippen molar-refractivity contribution in [3.05, 3.63) is 65.7 Å². The van der Waals surface area contributed by atoms with E-state index in [2.05, 4.69) is 5.32 Å². The Labute approximate surface area is 182 Å². The van der Waals surface area contributed by atoms with Crippen molar-refractivity contribution in [2.24, 2.45) is 0 Å². The van der Waals surface area contributed by atoms with Gasteiger partial charge in [0.2, 0.25) is 6.29 Å². The second kappa shape index (κ2) is 11.1. The third-order valence-corrected chi connectivity index (χ3v) is 5.19. The van der Waals surface area contributed by atoms with Crippen LogP contribution in [0.5, 0.6) is 0 Å². The van der Waals surface area contributed by atoms with Crippen LogP contribution in [0.25, 0.3) is 12.2 Å². The Hall–Kier alpha value is -2.71. The lowest BCUT2D eigenvalue weighted by Crippen LogP contribution is -2.59. The van der Waals surface area contributed by atoms with Crippen molar-refractivity contribution in [1.82, 2.24) is 0 Å². The summed E-state index contributed by atoms with van der Waals surface area (Å²) in [6, 6.07) is 17.5. The molecule has 7 heteroatoms. The van der Waals surface area contributed by atoms with E-state index >= 15 is 0 Å². The molecule has 0 radical (unpaired) electrons. The van der Waals surface area contributed by atoms with Crippen LogP contribution in [-0.2, 0) is 23.7 Å². The molecule has 1 fully saturated rings. The van der Waals surface area contributed by atoms with E-state index in [1.54, 1.807) is 14.2 Å². The average Bonchev–Trinajstić information content (AvgIpc) is 2.78. The smallest absolute Gasteiger partial charge is 0.414 e. The van der Waals surface area contributed by atoms with Crippen molar-refractivity contribution in [2.75, 3.05) is 26.6 Å². The molecule has 5 atom stereocenters. The summed E-state index contributed by atoms with van der Waals surface area (Å²) in [5.41, 5.74) is 2.74. The van der Waals surface area contributed by atoms with Crippen molar-refractivity contribution in [1.29, 1.82) is 0 Å². The Balaban J connectivity index is 1.59. The predicted molar refractivity (Wildman–Crippen MR) is 119 cm³/mol. The normalized spacial score (nSPS) is 26.0. The molecule has 0 spiro atoms. The van der Waals surface area contributed by atoms with Gasteiger partial charge in [-0.15, -0.1) is 0 Å². The number of ether oxygens (including phenoxy) is 5. The van der Waals surface area contributed by atoms with Crippen LogP contribution >= 0.6 is 0 Å². The monoisotopic (exact) mass is 427 g/mol. The molecule has 1 aliphatic heterocycles. The summed E-state index contributed by atoms with van der Waals surface area (Å²) in [7, 11) is 4.65. The van der Waals surface area contributed by atoms with E-state index in [1.165, 1.54) is 7.11 Å². The summed E-state index contributed by atoms with van der Waals surface area (Å²) in [4.78, 5) is 12.4. The summed E-state index contributed by atoms with van der Waals surface area (Å²) in [6.45, 7) is 1.84. The first-order chi connectivity index (χ1) is 15.0. The van der Waals surface area contributed by atoms with Crippen molar-refractivity contribution in [2.45, 2.75) is 37.6 Å². The van der Waals surface area contributed by atoms with Crippen molar-refractivity contribution >= 4 is 23.9 Å². The van der Waals surface area contributed by atoms with E-state index in [0.717, 1.165) is 11.1 Å². The molecule has 2 aromatic rings. The first-order valence-electron chi connectivity index (χ1n) is 10.1. The van der Waals surface area contributed by atoms with Gasteiger partial charge < -0.3 is 23.7 Å². The summed E-state index contributed by atoms with van der Waals surface area (Å²) < 4.78 is 27.7. The topological polar surface area (TPSA) is 75.2 Å². The molecular weight excluding hydrogens is 398 g/mol. The molecule has 1 N–H and O–H groups in total. The number of benzene rings is 2. The third-order valence-electron chi connectivity index (χ3n) is 5.19. The van der Waals surface area contributed by atoms with Crippen molar-refractivity contribution in [3.63, 3.8) is 0 Å². The van der Waals surface area contributed by atoms with Crippen LogP contribution in [-0.4, -0.2) is 58.1 Å². The molecule has 0 saturated carbocycles. The van der Waals surface area contributed by atoms with Crippen LogP contribution in [0.15, 0.2) is 54.6 Å². The molecule has 1 amide bonds. The summed E-state index contributed by atoms with van der Waals surface area (Å²) in [5.74, 6) is 0. The maximum Gasteiger partial charge on any atom is 0.414 e. The van der Waals surface area contributed by atoms with Gasteiger partial charge in [-0.1, -0.05) is 54.6 Å². The summed E-state index contributed by atoms with van der Waals surface area (Å²) >= 11 is 0. The Bertz CT molecular complexity index is 854. The first-order valence-corrected chi connectivity index (χ1v) is 10.1. The lowest BCUT2D eigenvalue weighted by atomic mass is 9.99. The molecule has 1 heterocycles. The highest BCUT2D eigenvalue weighted by molar-refractivity contribution is 5.85. The second-order valence-electron chi connectivity index (χ2n) is 7.21. The van der Waals surface area contributed by atoms with Gasteiger partial charge in [-0.25, -0.2) is 4.79 Å². The molecule has 7 nitrogen and oxygen atoms in total. The van der Waals surface area contributed by atoms with Gasteiger partial charge in [0, 0.05) is 27.0 Å². The molecule has 2 aromatic carbocycles. The maximum absolute atomic E-state index is 12.4. The SMILES string of the molecule is CO[C@@H]1[C@@H](OC)[C@@H](OC)C(OC(=O)Nc2ccc(/C=C/c3ccccc3)cc2)O[C@H]1C. The van der Waals surface area contributed by atoms with Gasteiger partial charge in [0.15, 0.2) is 0 Å². The van der Waals surface area contributed by atoms with Crippen LogP contribution in [0.3, 0.4) is 0 Å². The Morgan fingerprint density at radius 2 is 1.42 bits per heavy atom. The van der Waals surface area contributed by atoms with Crippen LogP contribution in [0, 0.1) is 0 Å². The van der Waals surface area contributed by atoms with Crippen LogP contribution in [0.2, 0.25) is 0 Å². The minimum atomic E-state index is -0.926. The van der Waals surface area contributed by atoms with Crippen LogP contribution < -0.4 is 5.32 Å². The number of methoxy groups -OCH3 is 3. The third kappa shape index (κ3) is 5.92. The van der Waals surface area contributed by atoms with E-state index in [4.69, 9.17) is 23.7 Å². The highest BCUT2D eigenvalue weighted by Gasteiger charge is 2.47. The molecule has 0 aliphatic carbocycles. The zero-order valence-corrected chi connectivity index (χ0v) is 18.2. The quantitative estimate of drug-likeness (QED) is 0.668. The molecule has 166 valence electrons. The van der Waals surface area contributed by atoms with Gasteiger partial charge in [-0.05, 0) is 30.2 Å². The zero-order chi connectivity index (χ0) is 22.2. The number of amides is 1. The number of hydrogen-bond donors (Lipinski definition) is 1. The largest absolute Gasteiger partial charge is 0.416 e. The first kappa shape index (κ1) is 23.0. The highest BCUT2D eigenvalue weighted by atomic mass is 16.7. The summed E-state index contributed by atoms with van der Waals surface area (Å²) in [6.07, 6.45) is 0.735. The lowest BCUT2D eigenvalue weighted by Gasteiger charge is -2.43.